The molecule has 3 rings (SSSR count). The Balaban J connectivity index is 1.74. The first kappa shape index (κ1) is 14.0. The summed E-state index contributed by atoms with van der Waals surface area (Å²) in [5.74, 6) is 0. The Morgan fingerprint density at radius 2 is 1.95 bits per heavy atom. The number of rotatable bonds is 4. The summed E-state index contributed by atoms with van der Waals surface area (Å²) in [5, 5.41) is 0. The molecule has 1 aromatic carbocycles. The van der Waals surface area contributed by atoms with E-state index in [1.165, 1.54) is 6.42 Å². The van der Waals surface area contributed by atoms with Gasteiger partial charge in [-0.3, -0.25) is 4.90 Å². The van der Waals surface area contributed by atoms with Gasteiger partial charge in [0.25, 0.3) is 0 Å². The van der Waals surface area contributed by atoms with Crippen LogP contribution in [0.4, 0.5) is 0 Å². The third-order valence-electron chi connectivity index (χ3n) is 4.38. The van der Waals surface area contributed by atoms with Crippen molar-refractivity contribution in [1.29, 1.82) is 0 Å². The van der Waals surface area contributed by atoms with Gasteiger partial charge in [0.2, 0.25) is 10.0 Å². The van der Waals surface area contributed by atoms with E-state index in [-0.39, 0.29) is 6.04 Å². The highest BCUT2D eigenvalue weighted by Crippen LogP contribution is 2.28. The molecule has 2 aliphatic heterocycles. The first-order chi connectivity index (χ1) is 9.60. The molecule has 20 heavy (non-hydrogen) atoms. The average molecular weight is 295 g/mol. The lowest BCUT2D eigenvalue weighted by Crippen LogP contribution is -2.42. The lowest BCUT2D eigenvalue weighted by atomic mass is 10.1. The van der Waals surface area contributed by atoms with Gasteiger partial charge < -0.3 is 5.73 Å². The third kappa shape index (κ3) is 2.61. The summed E-state index contributed by atoms with van der Waals surface area (Å²) >= 11 is 0. The number of sulfonamides is 1. The first-order valence-corrected chi connectivity index (χ1v) is 8.64. The van der Waals surface area contributed by atoms with Crippen molar-refractivity contribution in [2.75, 3.05) is 13.1 Å². The summed E-state index contributed by atoms with van der Waals surface area (Å²) in [6, 6.07) is 7.23. The number of hydrogen-bond donors (Lipinski definition) is 2. The predicted molar refractivity (Wildman–Crippen MR) is 77.7 cm³/mol. The molecule has 2 fully saturated rings. The van der Waals surface area contributed by atoms with Gasteiger partial charge in [0.15, 0.2) is 0 Å². The first-order valence-electron chi connectivity index (χ1n) is 7.15. The molecule has 0 spiro atoms. The molecule has 2 atom stereocenters. The van der Waals surface area contributed by atoms with Crippen LogP contribution in [0.25, 0.3) is 0 Å². The largest absolute Gasteiger partial charge is 0.326 e. The normalized spacial score (nSPS) is 26.9. The number of fused-ring (bicyclic) bond motifs is 1. The Morgan fingerprint density at radius 3 is 2.65 bits per heavy atom. The Kier molecular flexibility index (Phi) is 3.81. The summed E-state index contributed by atoms with van der Waals surface area (Å²) in [5.41, 5.74) is 6.47. The highest BCUT2D eigenvalue weighted by molar-refractivity contribution is 7.89. The van der Waals surface area contributed by atoms with E-state index in [1.807, 2.05) is 0 Å². The van der Waals surface area contributed by atoms with Gasteiger partial charge in [-0.25, -0.2) is 13.1 Å². The van der Waals surface area contributed by atoms with Gasteiger partial charge in [-0.1, -0.05) is 12.1 Å². The molecule has 0 saturated carbocycles. The van der Waals surface area contributed by atoms with Crippen LogP contribution in [0.2, 0.25) is 0 Å². The summed E-state index contributed by atoms with van der Waals surface area (Å²) in [7, 11) is -3.42. The van der Waals surface area contributed by atoms with Crippen molar-refractivity contribution in [3.05, 3.63) is 29.8 Å². The number of hydrogen-bond acceptors (Lipinski definition) is 4. The predicted octanol–water partition coefficient (Wildman–Crippen LogP) is 0.660. The van der Waals surface area contributed by atoms with E-state index in [1.54, 1.807) is 24.3 Å². The van der Waals surface area contributed by atoms with Gasteiger partial charge in [-0.15, -0.1) is 0 Å². The topological polar surface area (TPSA) is 75.4 Å². The van der Waals surface area contributed by atoms with Crippen molar-refractivity contribution >= 4 is 10.0 Å². The van der Waals surface area contributed by atoms with E-state index in [0.29, 0.717) is 17.5 Å². The number of nitrogens with two attached hydrogens (primary N) is 1. The second kappa shape index (κ2) is 5.44. The average Bonchev–Trinajstić information content (AvgIpc) is 3.04. The third-order valence-corrected chi connectivity index (χ3v) is 5.89. The molecule has 110 valence electrons. The molecule has 2 aliphatic rings. The molecule has 3 N–H and O–H groups in total. The molecular formula is C14H21N3O2S. The van der Waals surface area contributed by atoms with Crippen LogP contribution >= 0.6 is 0 Å². The number of benzene rings is 1. The minimum Gasteiger partial charge on any atom is -0.326 e. The van der Waals surface area contributed by atoms with Gasteiger partial charge in [0, 0.05) is 25.2 Å². The van der Waals surface area contributed by atoms with E-state index < -0.39 is 10.0 Å². The number of nitrogens with zero attached hydrogens (tertiary/aromatic N) is 1. The molecule has 0 amide bonds. The van der Waals surface area contributed by atoms with Gasteiger partial charge in [0.1, 0.15) is 0 Å². The van der Waals surface area contributed by atoms with Gasteiger partial charge >= 0.3 is 0 Å². The Bertz CT molecular complexity index is 571. The molecule has 0 radical (unpaired) electrons. The Labute approximate surface area is 120 Å². The van der Waals surface area contributed by atoms with Gasteiger partial charge in [-0.05, 0) is 43.5 Å². The molecule has 1 aromatic rings. The maximum absolute atomic E-state index is 12.4. The van der Waals surface area contributed by atoms with Gasteiger partial charge in [-0.2, -0.15) is 0 Å². The molecule has 0 aliphatic carbocycles. The molecule has 2 unspecified atom stereocenters. The summed E-state index contributed by atoms with van der Waals surface area (Å²) in [4.78, 5) is 2.72. The lowest BCUT2D eigenvalue weighted by Gasteiger charge is -2.21. The molecule has 0 bridgehead atoms. The van der Waals surface area contributed by atoms with Crippen molar-refractivity contribution in [3.8, 4) is 0 Å². The maximum atomic E-state index is 12.4. The second-order valence-electron chi connectivity index (χ2n) is 5.61. The van der Waals surface area contributed by atoms with Crippen LogP contribution in [-0.4, -0.2) is 38.5 Å². The SMILES string of the molecule is NCc1ccc(S(=O)(=O)NC2CCN3CCCC23)cc1. The smallest absolute Gasteiger partial charge is 0.240 e. The van der Waals surface area contributed by atoms with Crippen molar-refractivity contribution in [2.45, 2.75) is 42.8 Å². The monoisotopic (exact) mass is 295 g/mol. The fraction of sp³-hybridized carbons (Fsp3) is 0.571. The van der Waals surface area contributed by atoms with Crippen molar-refractivity contribution in [1.82, 2.24) is 9.62 Å². The van der Waals surface area contributed by atoms with E-state index in [9.17, 15) is 8.42 Å². The van der Waals surface area contributed by atoms with E-state index >= 15 is 0 Å². The van der Waals surface area contributed by atoms with Crippen LogP contribution in [0, 0.1) is 0 Å². The zero-order valence-electron chi connectivity index (χ0n) is 11.5. The summed E-state index contributed by atoms with van der Waals surface area (Å²) < 4.78 is 27.7. The summed E-state index contributed by atoms with van der Waals surface area (Å²) in [6.07, 6.45) is 3.18. The van der Waals surface area contributed by atoms with E-state index in [4.69, 9.17) is 5.73 Å². The molecule has 2 heterocycles. The minimum atomic E-state index is -3.42. The molecule has 5 nitrogen and oxygen atoms in total. The number of nitrogens with one attached hydrogen (secondary N) is 1. The highest BCUT2D eigenvalue weighted by Gasteiger charge is 2.39. The van der Waals surface area contributed by atoms with E-state index in [0.717, 1.165) is 31.5 Å². The van der Waals surface area contributed by atoms with Crippen LogP contribution < -0.4 is 10.5 Å². The molecule has 0 aromatic heterocycles. The zero-order valence-corrected chi connectivity index (χ0v) is 12.3. The van der Waals surface area contributed by atoms with Crippen molar-refractivity contribution in [3.63, 3.8) is 0 Å². The van der Waals surface area contributed by atoms with E-state index in [2.05, 4.69) is 9.62 Å². The van der Waals surface area contributed by atoms with Crippen LogP contribution in [0.15, 0.2) is 29.2 Å². The zero-order chi connectivity index (χ0) is 14.2. The van der Waals surface area contributed by atoms with Crippen LogP contribution in [0.5, 0.6) is 0 Å². The fourth-order valence-corrected chi connectivity index (χ4v) is 4.60. The van der Waals surface area contributed by atoms with Crippen molar-refractivity contribution in [2.24, 2.45) is 5.73 Å². The van der Waals surface area contributed by atoms with Gasteiger partial charge in [0.05, 0.1) is 4.90 Å². The maximum Gasteiger partial charge on any atom is 0.240 e. The molecule has 2 saturated heterocycles. The van der Waals surface area contributed by atoms with Crippen LogP contribution in [-0.2, 0) is 16.6 Å². The second-order valence-corrected chi connectivity index (χ2v) is 7.32. The minimum absolute atomic E-state index is 0.0525. The quantitative estimate of drug-likeness (QED) is 0.855. The summed E-state index contributed by atoms with van der Waals surface area (Å²) in [6.45, 7) is 2.53. The van der Waals surface area contributed by atoms with Crippen LogP contribution in [0.1, 0.15) is 24.8 Å². The van der Waals surface area contributed by atoms with Crippen LogP contribution in [0.3, 0.4) is 0 Å². The fourth-order valence-electron chi connectivity index (χ4n) is 3.29. The molecular weight excluding hydrogens is 274 g/mol. The molecule has 6 heteroatoms. The highest BCUT2D eigenvalue weighted by atomic mass is 32.2. The Morgan fingerprint density at radius 1 is 1.20 bits per heavy atom. The standard InChI is InChI=1S/C14H21N3O2S/c15-10-11-3-5-12(6-4-11)20(18,19)16-13-7-9-17-8-1-2-14(13)17/h3-6,13-14,16H,1-2,7-10,15H2. The van der Waals surface area contributed by atoms with Crippen molar-refractivity contribution < 1.29 is 8.42 Å². The Hall–Kier alpha value is -0.950. The lowest BCUT2D eigenvalue weighted by molar-refractivity contribution is 0.309.